The number of hydrogen-bond donors (Lipinski definition) is 1. The lowest BCUT2D eigenvalue weighted by molar-refractivity contribution is -0.137. The number of nitrogens with two attached hydrogens (primary N) is 1. The van der Waals surface area contributed by atoms with Crippen LogP contribution in [0.3, 0.4) is 0 Å². The minimum Gasteiger partial charge on any atom is -0.398 e. The fourth-order valence-corrected chi connectivity index (χ4v) is 1.25. The average molecular weight is 243 g/mol. The highest BCUT2D eigenvalue weighted by atomic mass is 19.4. The van der Waals surface area contributed by atoms with Crippen molar-refractivity contribution in [1.29, 1.82) is 0 Å². The number of nitrogen functional groups attached to an aromatic ring is 1. The molecule has 0 saturated heterocycles. The molecule has 1 aromatic heterocycles. The molecule has 2 aromatic rings. The van der Waals surface area contributed by atoms with Gasteiger partial charge in [0.05, 0.1) is 18.0 Å². The zero-order valence-corrected chi connectivity index (χ0v) is 8.48. The molecule has 0 amide bonds. The molecule has 0 spiro atoms. The molecular formula is C10H8F3N3O. The van der Waals surface area contributed by atoms with Crippen LogP contribution in [0.1, 0.15) is 5.56 Å². The quantitative estimate of drug-likeness (QED) is 0.823. The lowest BCUT2D eigenvalue weighted by Gasteiger charge is -2.11. The van der Waals surface area contributed by atoms with Crippen molar-refractivity contribution in [2.24, 2.45) is 0 Å². The molecule has 0 fully saturated rings. The monoisotopic (exact) mass is 243 g/mol. The summed E-state index contributed by atoms with van der Waals surface area (Å²) in [5.41, 5.74) is 3.98. The predicted octanol–water partition coefficient (Wildman–Crippen LogP) is 2.33. The van der Waals surface area contributed by atoms with Gasteiger partial charge in [-0.1, -0.05) is 0 Å². The molecule has 0 aliphatic rings. The molecule has 1 heterocycles. The number of rotatable bonds is 2. The van der Waals surface area contributed by atoms with Crippen LogP contribution in [0, 0.1) is 0 Å². The van der Waals surface area contributed by atoms with E-state index in [-0.39, 0.29) is 11.4 Å². The van der Waals surface area contributed by atoms with Gasteiger partial charge in [0, 0.05) is 5.69 Å². The molecule has 0 bridgehead atoms. The summed E-state index contributed by atoms with van der Waals surface area (Å²) < 4.78 is 37.6. The summed E-state index contributed by atoms with van der Waals surface area (Å²) >= 11 is 0. The SMILES string of the molecule is Nc1ccc(On2cccn2)cc1C(F)(F)F. The Bertz CT molecular complexity index is 508. The molecule has 4 nitrogen and oxygen atoms in total. The Hall–Kier alpha value is -2.18. The topological polar surface area (TPSA) is 53.1 Å². The van der Waals surface area contributed by atoms with Crippen LogP contribution >= 0.6 is 0 Å². The van der Waals surface area contributed by atoms with Gasteiger partial charge in [-0.05, 0) is 24.3 Å². The Kier molecular flexibility index (Phi) is 2.66. The van der Waals surface area contributed by atoms with Crippen molar-refractivity contribution in [1.82, 2.24) is 9.94 Å². The highest BCUT2D eigenvalue weighted by molar-refractivity contribution is 5.51. The van der Waals surface area contributed by atoms with Gasteiger partial charge < -0.3 is 10.6 Å². The zero-order valence-electron chi connectivity index (χ0n) is 8.48. The smallest absolute Gasteiger partial charge is 0.398 e. The molecule has 2 N–H and O–H groups in total. The molecule has 0 aliphatic carbocycles. The van der Waals surface area contributed by atoms with Gasteiger partial charge in [0.25, 0.3) is 0 Å². The van der Waals surface area contributed by atoms with Crippen LogP contribution in [0.4, 0.5) is 18.9 Å². The van der Waals surface area contributed by atoms with E-state index in [4.69, 9.17) is 10.6 Å². The summed E-state index contributed by atoms with van der Waals surface area (Å²) in [7, 11) is 0. The van der Waals surface area contributed by atoms with E-state index in [0.717, 1.165) is 17.0 Å². The Balaban J connectivity index is 2.31. The molecule has 2 rings (SSSR count). The van der Waals surface area contributed by atoms with Gasteiger partial charge in [0.1, 0.15) is 0 Å². The van der Waals surface area contributed by atoms with Crippen molar-refractivity contribution in [3.8, 4) is 5.75 Å². The van der Waals surface area contributed by atoms with Crippen LogP contribution in [0.15, 0.2) is 36.7 Å². The number of halogens is 3. The third-order valence-corrected chi connectivity index (χ3v) is 2.01. The highest BCUT2D eigenvalue weighted by Crippen LogP contribution is 2.35. The van der Waals surface area contributed by atoms with E-state index in [9.17, 15) is 13.2 Å². The van der Waals surface area contributed by atoms with E-state index in [1.54, 1.807) is 6.07 Å². The summed E-state index contributed by atoms with van der Waals surface area (Å²) in [5.74, 6) is 0.00947. The Morgan fingerprint density at radius 3 is 2.65 bits per heavy atom. The largest absolute Gasteiger partial charge is 0.418 e. The Morgan fingerprint density at radius 1 is 1.29 bits per heavy atom. The lowest BCUT2D eigenvalue weighted by Crippen LogP contribution is -2.11. The van der Waals surface area contributed by atoms with E-state index in [0.29, 0.717) is 0 Å². The fraction of sp³-hybridized carbons (Fsp3) is 0.100. The van der Waals surface area contributed by atoms with Crippen LogP contribution < -0.4 is 10.6 Å². The minimum absolute atomic E-state index is 0.00947. The highest BCUT2D eigenvalue weighted by Gasteiger charge is 2.33. The second-order valence-electron chi connectivity index (χ2n) is 3.25. The molecule has 0 radical (unpaired) electrons. The van der Waals surface area contributed by atoms with Gasteiger partial charge in [-0.15, -0.1) is 9.94 Å². The number of benzene rings is 1. The van der Waals surface area contributed by atoms with Gasteiger partial charge in [-0.3, -0.25) is 0 Å². The first-order valence-corrected chi connectivity index (χ1v) is 4.61. The van der Waals surface area contributed by atoms with Crippen molar-refractivity contribution in [3.63, 3.8) is 0 Å². The van der Waals surface area contributed by atoms with E-state index < -0.39 is 11.7 Å². The minimum atomic E-state index is -4.51. The summed E-state index contributed by atoms with van der Waals surface area (Å²) in [4.78, 5) is 6.11. The van der Waals surface area contributed by atoms with Gasteiger partial charge in [-0.2, -0.15) is 13.2 Å². The molecular weight excluding hydrogens is 235 g/mol. The first kappa shape index (κ1) is 11.3. The zero-order chi connectivity index (χ0) is 12.5. The van der Waals surface area contributed by atoms with Crippen molar-refractivity contribution >= 4 is 5.69 Å². The number of hydrogen-bond acceptors (Lipinski definition) is 3. The molecule has 0 aliphatic heterocycles. The molecule has 90 valence electrons. The summed E-state index contributed by atoms with van der Waals surface area (Å²) in [6.07, 6.45) is -1.60. The van der Waals surface area contributed by atoms with Crippen molar-refractivity contribution in [3.05, 3.63) is 42.2 Å². The Labute approximate surface area is 94.4 Å². The van der Waals surface area contributed by atoms with Gasteiger partial charge in [0.15, 0.2) is 5.75 Å². The van der Waals surface area contributed by atoms with Crippen LogP contribution in [0.2, 0.25) is 0 Å². The van der Waals surface area contributed by atoms with Gasteiger partial charge in [-0.25, -0.2) is 0 Å². The first-order chi connectivity index (χ1) is 7.97. The van der Waals surface area contributed by atoms with Crippen molar-refractivity contribution in [2.75, 3.05) is 5.73 Å². The molecule has 0 atom stereocenters. The molecule has 7 heteroatoms. The molecule has 0 unspecified atom stereocenters. The third-order valence-electron chi connectivity index (χ3n) is 2.01. The molecule has 1 aromatic carbocycles. The van der Waals surface area contributed by atoms with Crippen LogP contribution in [0.25, 0.3) is 0 Å². The maximum Gasteiger partial charge on any atom is 0.418 e. The fourth-order valence-electron chi connectivity index (χ4n) is 1.25. The van der Waals surface area contributed by atoms with E-state index >= 15 is 0 Å². The van der Waals surface area contributed by atoms with E-state index in [1.807, 2.05) is 0 Å². The maximum absolute atomic E-state index is 12.5. The lowest BCUT2D eigenvalue weighted by atomic mass is 10.1. The van der Waals surface area contributed by atoms with Crippen molar-refractivity contribution in [2.45, 2.75) is 6.18 Å². The summed E-state index contributed by atoms with van der Waals surface area (Å²) in [5, 5.41) is 3.71. The van der Waals surface area contributed by atoms with Gasteiger partial charge >= 0.3 is 6.18 Å². The average Bonchev–Trinajstić information content (AvgIpc) is 2.72. The van der Waals surface area contributed by atoms with E-state index in [2.05, 4.69) is 5.10 Å². The molecule has 0 saturated carbocycles. The van der Waals surface area contributed by atoms with Gasteiger partial charge in [0.2, 0.25) is 0 Å². The maximum atomic E-state index is 12.5. The predicted molar refractivity (Wildman–Crippen MR) is 54.1 cm³/mol. The number of nitrogens with zero attached hydrogens (tertiary/aromatic N) is 2. The van der Waals surface area contributed by atoms with Crippen LogP contribution in [0.5, 0.6) is 5.75 Å². The van der Waals surface area contributed by atoms with E-state index in [1.165, 1.54) is 18.5 Å². The van der Waals surface area contributed by atoms with Crippen LogP contribution in [-0.4, -0.2) is 9.94 Å². The second-order valence-corrected chi connectivity index (χ2v) is 3.25. The Morgan fingerprint density at radius 2 is 2.06 bits per heavy atom. The second kappa shape index (κ2) is 4.00. The number of alkyl halides is 3. The number of aromatic nitrogens is 2. The molecule has 17 heavy (non-hydrogen) atoms. The third kappa shape index (κ3) is 2.49. The first-order valence-electron chi connectivity index (χ1n) is 4.61. The number of anilines is 1. The van der Waals surface area contributed by atoms with Crippen LogP contribution in [-0.2, 0) is 6.18 Å². The summed E-state index contributed by atoms with van der Waals surface area (Å²) in [6.45, 7) is 0. The standard InChI is InChI=1S/C10H8F3N3O/c11-10(12,13)8-6-7(2-3-9(8)14)17-16-5-1-4-15-16/h1-6H,14H2. The van der Waals surface area contributed by atoms with Crippen molar-refractivity contribution < 1.29 is 18.0 Å². The summed E-state index contributed by atoms with van der Waals surface area (Å²) in [6, 6.07) is 4.90. The normalized spacial score (nSPS) is 11.5.